The van der Waals surface area contributed by atoms with Crippen molar-refractivity contribution in [3.63, 3.8) is 0 Å². The maximum atomic E-state index is 12.7. The first-order valence-electron chi connectivity index (χ1n) is 7.46. The van der Waals surface area contributed by atoms with Crippen LogP contribution >= 0.6 is 0 Å². The molecule has 0 spiro atoms. The van der Waals surface area contributed by atoms with Crippen molar-refractivity contribution in [2.45, 2.75) is 12.8 Å². The number of alkyl halides is 2. The fourth-order valence-corrected chi connectivity index (χ4v) is 2.49. The molecule has 0 unspecified atom stereocenters. The molecule has 0 N–H and O–H groups in total. The summed E-state index contributed by atoms with van der Waals surface area (Å²) in [5.74, 6) is 0.340. The molecule has 3 rings (SSSR count). The Morgan fingerprint density at radius 3 is 3.04 bits per heavy atom. The summed E-state index contributed by atoms with van der Waals surface area (Å²) < 4.78 is 35.1. The van der Waals surface area contributed by atoms with E-state index in [1.165, 1.54) is 17.2 Å². The topological polar surface area (TPSA) is 51.7 Å². The molecule has 0 aliphatic carbocycles. The summed E-state index contributed by atoms with van der Waals surface area (Å²) in [4.78, 5) is 18.0. The van der Waals surface area contributed by atoms with E-state index in [4.69, 9.17) is 9.47 Å². The molecule has 2 aromatic rings. The third-order valence-corrected chi connectivity index (χ3v) is 3.71. The van der Waals surface area contributed by atoms with Crippen LogP contribution < -0.4 is 14.4 Å². The zero-order valence-electron chi connectivity index (χ0n) is 13.0. The Morgan fingerprint density at radius 1 is 1.42 bits per heavy atom. The normalized spacial score (nSPS) is 12.7. The highest BCUT2D eigenvalue weighted by Crippen LogP contribution is 2.30. The Kier molecular flexibility index (Phi) is 4.59. The van der Waals surface area contributed by atoms with E-state index in [9.17, 15) is 13.6 Å². The molecule has 5 nitrogen and oxygen atoms in total. The van der Waals surface area contributed by atoms with Gasteiger partial charge in [-0.2, -0.15) is 0 Å². The first-order valence-corrected chi connectivity index (χ1v) is 7.46. The van der Waals surface area contributed by atoms with Crippen LogP contribution in [0, 0.1) is 0 Å². The predicted octanol–water partition coefficient (Wildman–Crippen LogP) is 2.94. The molecule has 2 heterocycles. The maximum absolute atomic E-state index is 12.7. The highest BCUT2D eigenvalue weighted by Gasteiger charge is 2.21. The lowest BCUT2D eigenvalue weighted by Gasteiger charge is -2.19. The third-order valence-electron chi connectivity index (χ3n) is 3.71. The van der Waals surface area contributed by atoms with Crippen molar-refractivity contribution in [1.29, 1.82) is 0 Å². The smallest absolute Gasteiger partial charge is 0.272 e. The molecular weight excluding hydrogens is 318 g/mol. The number of fused-ring (bicyclic) bond motifs is 1. The number of aromatic nitrogens is 1. The predicted molar refractivity (Wildman–Crippen MR) is 84.1 cm³/mol. The second kappa shape index (κ2) is 6.82. The first-order chi connectivity index (χ1) is 11.6. The van der Waals surface area contributed by atoms with Gasteiger partial charge < -0.3 is 14.4 Å². The molecule has 24 heavy (non-hydrogen) atoms. The van der Waals surface area contributed by atoms with E-state index in [0.29, 0.717) is 12.3 Å². The maximum Gasteiger partial charge on any atom is 0.272 e. The van der Waals surface area contributed by atoms with Crippen LogP contribution in [-0.2, 0) is 6.42 Å². The Balaban J connectivity index is 1.83. The molecule has 0 saturated carbocycles. The zero-order valence-corrected chi connectivity index (χ0v) is 13.0. The van der Waals surface area contributed by atoms with Gasteiger partial charge in [0.2, 0.25) is 5.88 Å². The third kappa shape index (κ3) is 3.29. The molecule has 0 atom stereocenters. The molecular formula is C17H16F2N2O3. The number of anilines is 1. The second-order valence-corrected chi connectivity index (χ2v) is 5.31. The monoisotopic (exact) mass is 334 g/mol. The van der Waals surface area contributed by atoms with Gasteiger partial charge in [0, 0.05) is 25.4 Å². The molecule has 1 aromatic carbocycles. The minimum Gasteiger partial charge on any atom is -0.493 e. The number of carbonyl (C=O) groups excluding carboxylic acids is 1. The minimum atomic E-state index is -2.63. The summed E-state index contributed by atoms with van der Waals surface area (Å²) in [5, 5.41) is 0. The average molecular weight is 334 g/mol. The van der Waals surface area contributed by atoms with E-state index in [0.717, 1.165) is 17.7 Å². The Bertz CT molecular complexity index is 752. The summed E-state index contributed by atoms with van der Waals surface area (Å²) >= 11 is 0. The van der Waals surface area contributed by atoms with Crippen LogP contribution in [0.15, 0.2) is 36.5 Å². The lowest BCUT2D eigenvalue weighted by molar-refractivity contribution is 0.0777. The molecule has 126 valence electrons. The number of benzene rings is 1. The fourth-order valence-electron chi connectivity index (χ4n) is 2.49. The van der Waals surface area contributed by atoms with Crippen molar-refractivity contribution >= 4 is 11.6 Å². The van der Waals surface area contributed by atoms with Crippen LogP contribution in [0.1, 0.15) is 15.9 Å². The SMILES string of the molecule is CN(C(=O)c1cccnc1OCC(F)F)c1ccc2c(c1)CCO2. The van der Waals surface area contributed by atoms with Gasteiger partial charge in [-0.3, -0.25) is 4.79 Å². The molecule has 7 heteroatoms. The van der Waals surface area contributed by atoms with E-state index >= 15 is 0 Å². The van der Waals surface area contributed by atoms with Crippen LogP contribution in [-0.4, -0.2) is 37.6 Å². The summed E-state index contributed by atoms with van der Waals surface area (Å²) in [5.41, 5.74) is 1.86. The number of hydrogen-bond donors (Lipinski definition) is 0. The fraction of sp³-hybridized carbons (Fsp3) is 0.294. The van der Waals surface area contributed by atoms with Gasteiger partial charge in [-0.25, -0.2) is 13.8 Å². The van der Waals surface area contributed by atoms with Crippen molar-refractivity contribution in [2.24, 2.45) is 0 Å². The van der Waals surface area contributed by atoms with E-state index in [-0.39, 0.29) is 17.4 Å². The molecule has 0 bridgehead atoms. The number of pyridine rings is 1. The van der Waals surface area contributed by atoms with Gasteiger partial charge in [0.05, 0.1) is 6.61 Å². The van der Waals surface area contributed by atoms with Gasteiger partial charge >= 0.3 is 0 Å². The number of amides is 1. The highest BCUT2D eigenvalue weighted by atomic mass is 19.3. The lowest BCUT2D eigenvalue weighted by atomic mass is 10.1. The van der Waals surface area contributed by atoms with Gasteiger partial charge in [-0.05, 0) is 35.9 Å². The largest absolute Gasteiger partial charge is 0.493 e. The van der Waals surface area contributed by atoms with Gasteiger partial charge in [-0.15, -0.1) is 0 Å². The van der Waals surface area contributed by atoms with Crippen LogP contribution in [0.5, 0.6) is 11.6 Å². The van der Waals surface area contributed by atoms with Crippen LogP contribution in [0.3, 0.4) is 0 Å². The molecule has 0 saturated heterocycles. The summed E-state index contributed by atoms with van der Waals surface area (Å²) in [7, 11) is 1.61. The standard InChI is InChI=1S/C17H16F2N2O3/c1-21(12-4-5-14-11(9-12)6-8-23-14)17(22)13-3-2-7-20-16(13)24-10-15(18)19/h2-5,7,9,15H,6,8,10H2,1H3. The number of hydrogen-bond acceptors (Lipinski definition) is 4. The number of halogens is 2. The van der Waals surface area contributed by atoms with Crippen molar-refractivity contribution < 1.29 is 23.0 Å². The van der Waals surface area contributed by atoms with Crippen molar-refractivity contribution in [1.82, 2.24) is 4.98 Å². The van der Waals surface area contributed by atoms with Gasteiger partial charge in [0.15, 0.2) is 6.61 Å². The summed E-state index contributed by atoms with van der Waals surface area (Å²) in [6.07, 6.45) is -0.449. The van der Waals surface area contributed by atoms with E-state index in [2.05, 4.69) is 4.98 Å². The number of nitrogens with zero attached hydrogens (tertiary/aromatic N) is 2. The van der Waals surface area contributed by atoms with Gasteiger partial charge in [0.1, 0.15) is 11.3 Å². The molecule has 1 amide bonds. The molecule has 1 aromatic heterocycles. The molecule has 0 radical (unpaired) electrons. The quantitative estimate of drug-likeness (QED) is 0.844. The summed E-state index contributed by atoms with van der Waals surface area (Å²) in [6, 6.07) is 8.54. The minimum absolute atomic E-state index is 0.0980. The zero-order chi connectivity index (χ0) is 17.1. The number of carbonyl (C=O) groups is 1. The molecule has 1 aliphatic heterocycles. The average Bonchev–Trinajstić information content (AvgIpc) is 3.06. The number of ether oxygens (including phenoxy) is 2. The van der Waals surface area contributed by atoms with E-state index in [1.54, 1.807) is 19.2 Å². The van der Waals surface area contributed by atoms with Crippen LogP contribution in [0.4, 0.5) is 14.5 Å². The van der Waals surface area contributed by atoms with Gasteiger partial charge in [-0.1, -0.05) is 0 Å². The highest BCUT2D eigenvalue weighted by molar-refractivity contribution is 6.07. The first kappa shape index (κ1) is 16.2. The van der Waals surface area contributed by atoms with E-state index in [1.807, 2.05) is 12.1 Å². The molecule has 1 aliphatic rings. The van der Waals surface area contributed by atoms with Crippen molar-refractivity contribution in [3.05, 3.63) is 47.7 Å². The Hall–Kier alpha value is -2.70. The number of rotatable bonds is 5. The van der Waals surface area contributed by atoms with Crippen molar-refractivity contribution in [3.8, 4) is 11.6 Å². The Morgan fingerprint density at radius 2 is 2.25 bits per heavy atom. The van der Waals surface area contributed by atoms with Crippen LogP contribution in [0.2, 0.25) is 0 Å². The van der Waals surface area contributed by atoms with Gasteiger partial charge in [0.25, 0.3) is 12.3 Å². The second-order valence-electron chi connectivity index (χ2n) is 5.31. The molecule has 0 fully saturated rings. The lowest BCUT2D eigenvalue weighted by Crippen LogP contribution is -2.27. The summed E-state index contributed by atoms with van der Waals surface area (Å²) in [6.45, 7) is -0.179. The van der Waals surface area contributed by atoms with Crippen molar-refractivity contribution in [2.75, 3.05) is 25.2 Å². The van der Waals surface area contributed by atoms with Crippen LogP contribution in [0.25, 0.3) is 0 Å². The van der Waals surface area contributed by atoms with E-state index < -0.39 is 13.0 Å². The Labute approximate surface area is 137 Å².